The van der Waals surface area contributed by atoms with Gasteiger partial charge in [-0.1, -0.05) is 43.9 Å². The number of fused-ring (bicyclic) bond motifs is 1. The van der Waals surface area contributed by atoms with Crippen molar-refractivity contribution in [1.29, 1.82) is 0 Å². The van der Waals surface area contributed by atoms with Crippen molar-refractivity contribution in [2.45, 2.75) is 38.8 Å². The van der Waals surface area contributed by atoms with Crippen molar-refractivity contribution in [3.8, 4) is 11.3 Å². The van der Waals surface area contributed by atoms with Crippen LogP contribution in [0.15, 0.2) is 48.8 Å². The summed E-state index contributed by atoms with van der Waals surface area (Å²) in [6.45, 7) is 7.50. The molecular formula is C24H28F2N6O2Si. The van der Waals surface area contributed by atoms with E-state index >= 15 is 0 Å². The van der Waals surface area contributed by atoms with Crippen molar-refractivity contribution in [3.05, 3.63) is 60.2 Å². The van der Waals surface area contributed by atoms with E-state index in [1.165, 1.54) is 17.1 Å². The number of ether oxygens (including phenoxy) is 1. The lowest BCUT2D eigenvalue weighted by molar-refractivity contribution is 0.0908. The molecule has 0 saturated heterocycles. The maximum Gasteiger partial charge on any atom is 0.294 e. The minimum atomic E-state index is -2.63. The molecule has 0 saturated carbocycles. The Labute approximate surface area is 203 Å². The van der Waals surface area contributed by atoms with Gasteiger partial charge in [0.05, 0.1) is 5.69 Å². The maximum atomic E-state index is 13.8. The molecular weight excluding hydrogens is 470 g/mol. The number of hydrogen-bond donors (Lipinski definition) is 1. The van der Waals surface area contributed by atoms with Gasteiger partial charge in [-0.05, 0) is 24.2 Å². The third kappa shape index (κ3) is 5.63. The van der Waals surface area contributed by atoms with Gasteiger partial charge in [0, 0.05) is 38.2 Å². The second kappa shape index (κ2) is 10.0. The molecule has 11 heteroatoms. The number of pyridine rings is 1. The Hall–Kier alpha value is -3.44. The largest absolute Gasteiger partial charge is 0.361 e. The fourth-order valence-electron chi connectivity index (χ4n) is 3.68. The lowest BCUT2D eigenvalue weighted by Gasteiger charge is -2.17. The van der Waals surface area contributed by atoms with Gasteiger partial charge < -0.3 is 14.6 Å². The normalized spacial score (nSPS) is 12.0. The van der Waals surface area contributed by atoms with Crippen molar-refractivity contribution in [2.24, 2.45) is 7.05 Å². The molecule has 0 atom stereocenters. The van der Waals surface area contributed by atoms with Gasteiger partial charge in [0.15, 0.2) is 0 Å². The highest BCUT2D eigenvalue weighted by Gasteiger charge is 2.20. The Balaban J connectivity index is 1.72. The van der Waals surface area contributed by atoms with E-state index in [9.17, 15) is 13.6 Å². The van der Waals surface area contributed by atoms with Crippen LogP contribution in [0.4, 0.5) is 14.6 Å². The van der Waals surface area contributed by atoms with Crippen molar-refractivity contribution in [1.82, 2.24) is 24.3 Å². The molecule has 8 nitrogen and oxygen atoms in total. The number of rotatable bonds is 9. The fourth-order valence-corrected chi connectivity index (χ4v) is 4.44. The van der Waals surface area contributed by atoms with Crippen LogP contribution in [0, 0.1) is 0 Å². The number of aromatic nitrogens is 5. The molecule has 0 aliphatic carbocycles. The van der Waals surface area contributed by atoms with E-state index in [1.54, 1.807) is 41.9 Å². The molecule has 1 aromatic carbocycles. The first kappa shape index (κ1) is 24.7. The summed E-state index contributed by atoms with van der Waals surface area (Å²) >= 11 is 0. The molecule has 35 heavy (non-hydrogen) atoms. The van der Waals surface area contributed by atoms with Gasteiger partial charge in [-0.25, -0.2) is 23.4 Å². The summed E-state index contributed by atoms with van der Waals surface area (Å²) in [5, 5.41) is 7.38. The summed E-state index contributed by atoms with van der Waals surface area (Å²) < 4.78 is 36.7. The second-order valence-corrected chi connectivity index (χ2v) is 15.1. The zero-order valence-corrected chi connectivity index (χ0v) is 21.1. The van der Waals surface area contributed by atoms with Crippen LogP contribution < -0.4 is 5.32 Å². The zero-order valence-electron chi connectivity index (χ0n) is 20.1. The lowest BCUT2D eigenvalue weighted by atomic mass is 10.0. The molecule has 3 heterocycles. The van der Waals surface area contributed by atoms with Crippen molar-refractivity contribution in [3.63, 3.8) is 0 Å². The van der Waals surface area contributed by atoms with Crippen LogP contribution in [0.1, 0.15) is 22.6 Å². The zero-order chi connectivity index (χ0) is 25.2. The van der Waals surface area contributed by atoms with Crippen LogP contribution in [0.25, 0.3) is 22.3 Å². The first-order chi connectivity index (χ1) is 16.6. The predicted octanol–water partition coefficient (Wildman–Crippen LogP) is 5.33. The molecule has 0 spiro atoms. The van der Waals surface area contributed by atoms with Crippen molar-refractivity contribution in [2.75, 3.05) is 11.9 Å². The molecule has 3 aromatic heterocycles. The third-order valence-corrected chi connectivity index (χ3v) is 7.29. The Bertz CT molecular complexity index is 1350. The number of carbonyl (C=O) groups excluding carboxylic acids is 1. The van der Waals surface area contributed by atoms with E-state index in [1.807, 2.05) is 6.07 Å². The van der Waals surface area contributed by atoms with E-state index in [-0.39, 0.29) is 18.1 Å². The maximum absolute atomic E-state index is 13.8. The standard InChI is InChI=1S/C24H28F2N6O2Si/c1-31-23(27-14-28-31)24(33)30-20-10-9-16-13-19(17-7-5-6-8-18(17)21(25)26)32(22(16)29-20)15-34-11-12-35(2,3)4/h5-10,13-14,21H,11-12,15H2,1-4H3,(H,29,30,33). The van der Waals surface area contributed by atoms with Crippen LogP contribution in [0.2, 0.25) is 25.7 Å². The minimum absolute atomic E-state index is 0.0607. The molecule has 1 N–H and O–H groups in total. The number of halogens is 2. The molecule has 184 valence electrons. The highest BCUT2D eigenvalue weighted by atomic mass is 28.3. The van der Waals surface area contributed by atoms with E-state index in [0.29, 0.717) is 29.3 Å². The molecule has 0 aliphatic heterocycles. The summed E-state index contributed by atoms with van der Waals surface area (Å²) in [5.74, 6) is -0.00577. The minimum Gasteiger partial charge on any atom is -0.361 e. The predicted molar refractivity (Wildman–Crippen MR) is 133 cm³/mol. The number of benzene rings is 1. The molecule has 1 amide bonds. The molecule has 0 radical (unpaired) electrons. The van der Waals surface area contributed by atoms with E-state index in [0.717, 1.165) is 11.4 Å². The summed E-state index contributed by atoms with van der Waals surface area (Å²) in [5.41, 5.74) is 1.45. The van der Waals surface area contributed by atoms with E-state index in [2.05, 4.69) is 40.0 Å². The van der Waals surface area contributed by atoms with Crippen LogP contribution in [0.3, 0.4) is 0 Å². The first-order valence-corrected chi connectivity index (χ1v) is 15.0. The molecule has 4 rings (SSSR count). The SMILES string of the molecule is Cn1ncnc1C(=O)Nc1ccc2cc(-c3ccccc3C(F)F)n(COCC[Si](C)(C)C)c2n1. The number of alkyl halides is 2. The van der Waals surface area contributed by atoms with Gasteiger partial charge in [-0.15, -0.1) is 0 Å². The van der Waals surface area contributed by atoms with Gasteiger partial charge in [0.2, 0.25) is 5.82 Å². The van der Waals surface area contributed by atoms with Crippen molar-refractivity contribution < 1.29 is 18.3 Å². The number of nitrogens with zero attached hydrogens (tertiary/aromatic N) is 5. The van der Waals surface area contributed by atoms with E-state index < -0.39 is 20.4 Å². The monoisotopic (exact) mass is 498 g/mol. The molecule has 0 unspecified atom stereocenters. The second-order valence-electron chi connectivity index (χ2n) is 9.46. The fraction of sp³-hybridized carbons (Fsp3) is 0.333. The molecule has 0 aliphatic rings. The topological polar surface area (TPSA) is 86.9 Å². The highest BCUT2D eigenvalue weighted by Crippen LogP contribution is 2.34. The number of carbonyl (C=O) groups is 1. The number of hydrogen-bond acceptors (Lipinski definition) is 5. The van der Waals surface area contributed by atoms with Gasteiger partial charge in [0.1, 0.15) is 24.5 Å². The summed E-state index contributed by atoms with van der Waals surface area (Å²) in [4.78, 5) is 21.2. The van der Waals surface area contributed by atoms with Gasteiger partial charge in [-0.3, -0.25) is 4.79 Å². The summed E-state index contributed by atoms with van der Waals surface area (Å²) in [6.07, 6.45) is -1.33. The Morgan fingerprint density at radius 1 is 1.17 bits per heavy atom. The molecule has 0 bridgehead atoms. The van der Waals surface area contributed by atoms with Crippen LogP contribution in [-0.2, 0) is 18.5 Å². The summed E-state index contributed by atoms with van der Waals surface area (Å²) in [6, 6.07) is 12.7. The Kier molecular flexibility index (Phi) is 7.08. The number of aryl methyl sites for hydroxylation is 1. The van der Waals surface area contributed by atoms with Crippen molar-refractivity contribution >= 4 is 30.8 Å². The van der Waals surface area contributed by atoms with Crippen LogP contribution >= 0.6 is 0 Å². The first-order valence-electron chi connectivity index (χ1n) is 11.2. The van der Waals surface area contributed by atoms with Gasteiger partial charge >= 0.3 is 0 Å². The highest BCUT2D eigenvalue weighted by molar-refractivity contribution is 6.76. The number of nitrogens with one attached hydrogen (secondary N) is 1. The van der Waals surface area contributed by atoms with Gasteiger partial charge in [0.25, 0.3) is 12.3 Å². The smallest absolute Gasteiger partial charge is 0.294 e. The Morgan fingerprint density at radius 2 is 1.94 bits per heavy atom. The number of anilines is 1. The molecule has 0 fully saturated rings. The average molecular weight is 499 g/mol. The molecule has 4 aromatic rings. The Morgan fingerprint density at radius 3 is 2.63 bits per heavy atom. The lowest BCUT2D eigenvalue weighted by Crippen LogP contribution is -2.22. The quantitative estimate of drug-likeness (QED) is 0.249. The third-order valence-electron chi connectivity index (χ3n) is 5.59. The van der Waals surface area contributed by atoms with Crippen LogP contribution in [-0.4, -0.2) is 44.9 Å². The average Bonchev–Trinajstić information content (AvgIpc) is 3.39. The summed E-state index contributed by atoms with van der Waals surface area (Å²) in [7, 11) is 0.317. The number of amides is 1. The van der Waals surface area contributed by atoms with E-state index in [4.69, 9.17) is 4.74 Å². The van der Waals surface area contributed by atoms with Gasteiger partial charge in [-0.2, -0.15) is 5.10 Å². The van der Waals surface area contributed by atoms with Crippen LogP contribution in [0.5, 0.6) is 0 Å².